The molecule has 2 N–H and O–H groups in total. The molecular formula is C13H14N4. The van der Waals surface area contributed by atoms with Gasteiger partial charge < -0.3 is 5.73 Å². The number of rotatable bonds is 1. The predicted octanol–water partition coefficient (Wildman–Crippen LogP) is 2.25. The van der Waals surface area contributed by atoms with Crippen molar-refractivity contribution in [2.75, 3.05) is 5.73 Å². The summed E-state index contributed by atoms with van der Waals surface area (Å²) < 4.78 is 1.82. The van der Waals surface area contributed by atoms with Crippen LogP contribution in [0.4, 0.5) is 5.69 Å². The van der Waals surface area contributed by atoms with Crippen molar-refractivity contribution in [1.29, 1.82) is 5.26 Å². The Hall–Kier alpha value is -2.28. The van der Waals surface area contributed by atoms with Crippen LogP contribution in [0.5, 0.6) is 0 Å². The Morgan fingerprint density at radius 2 is 2.00 bits per heavy atom. The van der Waals surface area contributed by atoms with Gasteiger partial charge in [0.25, 0.3) is 0 Å². The lowest BCUT2D eigenvalue weighted by Gasteiger charge is -2.08. The second kappa shape index (κ2) is 3.95. The van der Waals surface area contributed by atoms with Crippen molar-refractivity contribution >= 4 is 5.69 Å². The Morgan fingerprint density at radius 3 is 2.47 bits per heavy atom. The largest absolute Gasteiger partial charge is 0.396 e. The van der Waals surface area contributed by atoms with Gasteiger partial charge in [-0.3, -0.25) is 0 Å². The van der Waals surface area contributed by atoms with Crippen molar-refractivity contribution in [2.24, 2.45) is 0 Å². The zero-order valence-corrected chi connectivity index (χ0v) is 10.2. The van der Waals surface area contributed by atoms with Crippen molar-refractivity contribution in [3.05, 3.63) is 40.7 Å². The molecule has 0 radical (unpaired) electrons. The van der Waals surface area contributed by atoms with Gasteiger partial charge in [-0.05, 0) is 44.5 Å². The number of nitriles is 1. The molecule has 0 amide bonds. The molecule has 4 heteroatoms. The molecule has 1 heterocycles. The van der Waals surface area contributed by atoms with Crippen molar-refractivity contribution in [2.45, 2.75) is 20.8 Å². The van der Waals surface area contributed by atoms with Gasteiger partial charge in [-0.1, -0.05) is 0 Å². The summed E-state index contributed by atoms with van der Waals surface area (Å²) in [6.07, 6.45) is 0. The fraction of sp³-hybridized carbons (Fsp3) is 0.231. The van der Waals surface area contributed by atoms with Gasteiger partial charge in [0, 0.05) is 0 Å². The number of hydrogen-bond acceptors (Lipinski definition) is 3. The average Bonchev–Trinajstić information content (AvgIpc) is 2.57. The van der Waals surface area contributed by atoms with E-state index in [4.69, 9.17) is 11.0 Å². The van der Waals surface area contributed by atoms with Crippen LogP contribution in [0.15, 0.2) is 18.2 Å². The van der Waals surface area contributed by atoms with Gasteiger partial charge in [0.15, 0.2) is 0 Å². The average molecular weight is 226 g/mol. The van der Waals surface area contributed by atoms with E-state index in [9.17, 15) is 0 Å². The molecule has 1 aromatic heterocycles. The summed E-state index contributed by atoms with van der Waals surface area (Å²) in [4.78, 5) is 0. The molecule has 0 unspecified atom stereocenters. The van der Waals surface area contributed by atoms with E-state index >= 15 is 0 Å². The third-order valence-electron chi connectivity index (χ3n) is 2.90. The van der Waals surface area contributed by atoms with Gasteiger partial charge >= 0.3 is 0 Å². The summed E-state index contributed by atoms with van der Waals surface area (Å²) in [5, 5.41) is 13.2. The van der Waals surface area contributed by atoms with Gasteiger partial charge in [-0.15, -0.1) is 0 Å². The zero-order chi connectivity index (χ0) is 12.6. The van der Waals surface area contributed by atoms with Crippen LogP contribution in [-0.2, 0) is 0 Å². The molecule has 0 atom stereocenters. The number of nitrogen functional groups attached to an aromatic ring is 1. The molecule has 1 aromatic carbocycles. The minimum absolute atomic E-state index is 0.653. The smallest absolute Gasteiger partial charge is 0.0991 e. The highest BCUT2D eigenvalue weighted by molar-refractivity contribution is 5.53. The second-order valence-electron chi connectivity index (χ2n) is 4.11. The molecule has 86 valence electrons. The molecule has 0 saturated carbocycles. The SMILES string of the molecule is Cc1cc(C#N)ccc1-n1nc(C)c(N)c1C. The van der Waals surface area contributed by atoms with Crippen LogP contribution in [0.1, 0.15) is 22.5 Å². The summed E-state index contributed by atoms with van der Waals surface area (Å²) >= 11 is 0. The minimum Gasteiger partial charge on any atom is -0.396 e. The molecule has 0 aliphatic carbocycles. The molecular weight excluding hydrogens is 212 g/mol. The first-order valence-electron chi connectivity index (χ1n) is 5.37. The molecule has 0 spiro atoms. The second-order valence-corrected chi connectivity index (χ2v) is 4.11. The molecule has 0 aliphatic rings. The molecule has 2 aromatic rings. The summed E-state index contributed by atoms with van der Waals surface area (Å²) in [5.41, 5.74) is 11.0. The number of anilines is 1. The van der Waals surface area contributed by atoms with E-state index in [1.807, 2.05) is 37.6 Å². The monoisotopic (exact) mass is 226 g/mol. The normalized spacial score (nSPS) is 10.2. The molecule has 2 rings (SSSR count). The predicted molar refractivity (Wildman–Crippen MR) is 66.9 cm³/mol. The first-order valence-corrected chi connectivity index (χ1v) is 5.37. The maximum absolute atomic E-state index is 8.83. The minimum atomic E-state index is 0.653. The van der Waals surface area contributed by atoms with E-state index < -0.39 is 0 Å². The van der Waals surface area contributed by atoms with Crippen LogP contribution in [-0.4, -0.2) is 9.78 Å². The molecule has 0 bridgehead atoms. The summed E-state index contributed by atoms with van der Waals surface area (Å²) in [7, 11) is 0. The van der Waals surface area contributed by atoms with Gasteiger partial charge in [-0.2, -0.15) is 10.4 Å². The third-order valence-corrected chi connectivity index (χ3v) is 2.90. The first kappa shape index (κ1) is 11.2. The maximum Gasteiger partial charge on any atom is 0.0991 e. The Bertz CT molecular complexity index is 617. The Morgan fingerprint density at radius 1 is 1.29 bits per heavy atom. The van der Waals surface area contributed by atoms with E-state index in [2.05, 4.69) is 11.2 Å². The topological polar surface area (TPSA) is 67.6 Å². The lowest BCUT2D eigenvalue weighted by atomic mass is 10.1. The molecule has 0 saturated heterocycles. The van der Waals surface area contributed by atoms with Gasteiger partial charge in [0.05, 0.1) is 34.4 Å². The van der Waals surface area contributed by atoms with E-state index in [1.165, 1.54) is 0 Å². The van der Waals surface area contributed by atoms with Gasteiger partial charge in [-0.25, -0.2) is 4.68 Å². The Balaban J connectivity index is 2.62. The number of aryl methyl sites for hydroxylation is 2. The molecule has 0 fully saturated rings. The fourth-order valence-corrected chi connectivity index (χ4v) is 1.85. The zero-order valence-electron chi connectivity index (χ0n) is 10.2. The highest BCUT2D eigenvalue weighted by Gasteiger charge is 2.11. The number of nitrogens with zero attached hydrogens (tertiary/aromatic N) is 3. The van der Waals surface area contributed by atoms with E-state index in [0.29, 0.717) is 11.3 Å². The van der Waals surface area contributed by atoms with Crippen LogP contribution in [0.2, 0.25) is 0 Å². The highest BCUT2D eigenvalue weighted by atomic mass is 15.3. The van der Waals surface area contributed by atoms with Gasteiger partial charge in [0.1, 0.15) is 0 Å². The molecule has 0 aliphatic heterocycles. The number of hydrogen-bond donors (Lipinski definition) is 1. The van der Waals surface area contributed by atoms with Crippen LogP contribution in [0, 0.1) is 32.1 Å². The number of aromatic nitrogens is 2. The number of benzene rings is 1. The highest BCUT2D eigenvalue weighted by Crippen LogP contribution is 2.22. The fourth-order valence-electron chi connectivity index (χ4n) is 1.85. The van der Waals surface area contributed by atoms with Crippen molar-refractivity contribution in [3.8, 4) is 11.8 Å². The van der Waals surface area contributed by atoms with Crippen LogP contribution >= 0.6 is 0 Å². The van der Waals surface area contributed by atoms with Crippen molar-refractivity contribution < 1.29 is 0 Å². The van der Waals surface area contributed by atoms with E-state index in [0.717, 1.165) is 22.6 Å². The summed E-state index contributed by atoms with van der Waals surface area (Å²) in [5.74, 6) is 0. The maximum atomic E-state index is 8.83. The van der Waals surface area contributed by atoms with Crippen molar-refractivity contribution in [1.82, 2.24) is 9.78 Å². The summed E-state index contributed by atoms with van der Waals surface area (Å²) in [6, 6.07) is 7.65. The van der Waals surface area contributed by atoms with Crippen LogP contribution in [0.3, 0.4) is 0 Å². The lowest BCUT2D eigenvalue weighted by Crippen LogP contribution is -2.02. The van der Waals surface area contributed by atoms with Crippen LogP contribution < -0.4 is 5.73 Å². The van der Waals surface area contributed by atoms with E-state index in [1.54, 1.807) is 6.07 Å². The van der Waals surface area contributed by atoms with E-state index in [-0.39, 0.29) is 0 Å². The van der Waals surface area contributed by atoms with Crippen molar-refractivity contribution in [3.63, 3.8) is 0 Å². The summed E-state index contributed by atoms with van der Waals surface area (Å²) in [6.45, 7) is 5.79. The molecule has 4 nitrogen and oxygen atoms in total. The quantitative estimate of drug-likeness (QED) is 0.810. The number of nitrogens with two attached hydrogens (primary N) is 1. The standard InChI is InChI=1S/C13H14N4/c1-8-6-11(7-14)4-5-12(8)17-10(3)13(15)9(2)16-17/h4-6H,15H2,1-3H3. The van der Waals surface area contributed by atoms with Crippen LogP contribution in [0.25, 0.3) is 5.69 Å². The third kappa shape index (κ3) is 1.76. The molecule has 17 heavy (non-hydrogen) atoms. The lowest BCUT2D eigenvalue weighted by molar-refractivity contribution is 0.827. The Labute approximate surface area is 100 Å². The Kier molecular flexibility index (Phi) is 2.60. The van der Waals surface area contributed by atoms with Gasteiger partial charge in [0.2, 0.25) is 0 Å². The first-order chi connectivity index (χ1) is 8.04.